The van der Waals surface area contributed by atoms with Crippen molar-refractivity contribution in [2.75, 3.05) is 0 Å². The Kier molecular flexibility index (Phi) is 2.31. The molecule has 2 heteroatoms. The second-order valence-corrected chi connectivity index (χ2v) is 5.63. The first-order chi connectivity index (χ1) is 9.83. The summed E-state index contributed by atoms with van der Waals surface area (Å²) in [5, 5.41) is 9.75. The Morgan fingerprint density at radius 2 is 1.50 bits per heavy atom. The number of nitriles is 1. The van der Waals surface area contributed by atoms with E-state index in [0.29, 0.717) is 0 Å². The molecule has 1 aliphatic carbocycles. The molecule has 0 aromatic heterocycles. The molecule has 1 heterocycles. The molecule has 1 aliphatic heterocycles. The van der Waals surface area contributed by atoms with Crippen molar-refractivity contribution in [1.29, 1.82) is 5.26 Å². The molecule has 20 heavy (non-hydrogen) atoms. The Morgan fingerprint density at radius 3 is 1.95 bits per heavy atom. The van der Waals surface area contributed by atoms with E-state index in [4.69, 9.17) is 4.74 Å². The van der Waals surface area contributed by atoms with Gasteiger partial charge in [-0.25, -0.2) is 0 Å². The molecule has 1 saturated carbocycles. The van der Waals surface area contributed by atoms with Crippen molar-refractivity contribution in [3.63, 3.8) is 0 Å². The topological polar surface area (TPSA) is 36.3 Å². The summed E-state index contributed by atoms with van der Waals surface area (Å²) < 4.78 is 5.85. The molecule has 2 atom stereocenters. The van der Waals surface area contributed by atoms with Gasteiger partial charge in [0.05, 0.1) is 5.41 Å². The van der Waals surface area contributed by atoms with Crippen molar-refractivity contribution >= 4 is 0 Å². The summed E-state index contributed by atoms with van der Waals surface area (Å²) >= 11 is 0. The van der Waals surface area contributed by atoms with E-state index in [2.05, 4.69) is 30.3 Å². The molecular weight excluding hydrogens is 246 g/mol. The van der Waals surface area contributed by atoms with E-state index in [1.54, 1.807) is 0 Å². The van der Waals surface area contributed by atoms with E-state index in [-0.39, 0.29) is 11.5 Å². The lowest BCUT2D eigenvalue weighted by Gasteiger charge is -2.34. The minimum atomic E-state index is -0.671. The van der Waals surface area contributed by atoms with Crippen LogP contribution >= 0.6 is 0 Å². The average Bonchev–Trinajstić information content (AvgIpc) is 3.17. The number of benzene rings is 2. The van der Waals surface area contributed by atoms with Crippen LogP contribution in [0.2, 0.25) is 0 Å². The van der Waals surface area contributed by atoms with E-state index in [0.717, 1.165) is 12.8 Å². The van der Waals surface area contributed by atoms with Gasteiger partial charge < -0.3 is 4.74 Å². The Hall–Kier alpha value is -2.11. The minimum Gasteiger partial charge on any atom is -0.349 e. The van der Waals surface area contributed by atoms with Gasteiger partial charge >= 0.3 is 0 Å². The average molecular weight is 261 g/mol. The molecule has 0 bridgehead atoms. The van der Waals surface area contributed by atoms with Crippen molar-refractivity contribution in [3.05, 3.63) is 71.8 Å². The molecule has 2 aromatic carbocycles. The lowest BCUT2D eigenvalue weighted by atomic mass is 9.67. The Labute approximate surface area is 118 Å². The first-order valence-corrected chi connectivity index (χ1v) is 7.04. The number of fused-ring (bicyclic) bond motifs is 1. The molecule has 1 saturated heterocycles. The van der Waals surface area contributed by atoms with Gasteiger partial charge in [0.2, 0.25) is 0 Å². The van der Waals surface area contributed by atoms with Gasteiger partial charge in [-0.05, 0) is 24.0 Å². The van der Waals surface area contributed by atoms with Crippen LogP contribution in [0, 0.1) is 11.3 Å². The molecule has 0 unspecified atom stereocenters. The van der Waals surface area contributed by atoms with Gasteiger partial charge in [-0.2, -0.15) is 5.26 Å². The van der Waals surface area contributed by atoms with Crippen LogP contribution in [-0.2, 0) is 10.2 Å². The van der Waals surface area contributed by atoms with E-state index >= 15 is 0 Å². The van der Waals surface area contributed by atoms with Gasteiger partial charge in [-0.3, -0.25) is 0 Å². The second-order valence-electron chi connectivity index (χ2n) is 5.63. The number of rotatable bonds is 2. The molecule has 2 aromatic rings. The third-order valence-corrected chi connectivity index (χ3v) is 4.84. The van der Waals surface area contributed by atoms with Crippen molar-refractivity contribution < 1.29 is 4.74 Å². The molecule has 0 N–H and O–H groups in total. The number of epoxide rings is 1. The van der Waals surface area contributed by atoms with Gasteiger partial charge in [0.1, 0.15) is 12.2 Å². The highest BCUT2D eigenvalue weighted by Gasteiger charge is 2.75. The maximum Gasteiger partial charge on any atom is 0.194 e. The van der Waals surface area contributed by atoms with Gasteiger partial charge in [0, 0.05) is 0 Å². The Morgan fingerprint density at radius 1 is 0.950 bits per heavy atom. The van der Waals surface area contributed by atoms with Crippen molar-refractivity contribution in [2.24, 2.45) is 0 Å². The predicted octanol–water partition coefficient (Wildman–Crippen LogP) is 3.43. The van der Waals surface area contributed by atoms with Crippen LogP contribution in [0.5, 0.6) is 0 Å². The Balaban J connectivity index is 1.98. The SMILES string of the molecule is N#C[C@@]12O[C@@H]1CCC2(c1ccccc1)c1ccccc1. The summed E-state index contributed by atoms with van der Waals surface area (Å²) in [5.41, 5.74) is 1.38. The molecule has 2 nitrogen and oxygen atoms in total. The smallest absolute Gasteiger partial charge is 0.194 e. The minimum absolute atomic E-state index is 0.0907. The van der Waals surface area contributed by atoms with Crippen molar-refractivity contribution in [3.8, 4) is 6.07 Å². The van der Waals surface area contributed by atoms with Crippen molar-refractivity contribution in [2.45, 2.75) is 30.0 Å². The second kappa shape index (κ2) is 3.94. The van der Waals surface area contributed by atoms with Crippen LogP contribution in [0.4, 0.5) is 0 Å². The summed E-state index contributed by atoms with van der Waals surface area (Å²) in [6.45, 7) is 0. The summed E-state index contributed by atoms with van der Waals surface area (Å²) in [6, 6.07) is 23.2. The zero-order valence-corrected chi connectivity index (χ0v) is 11.1. The maximum absolute atomic E-state index is 9.75. The summed E-state index contributed by atoms with van der Waals surface area (Å²) in [4.78, 5) is 0. The van der Waals surface area contributed by atoms with Gasteiger partial charge in [0.15, 0.2) is 5.60 Å². The summed E-state index contributed by atoms with van der Waals surface area (Å²) in [5.74, 6) is 0. The lowest BCUT2D eigenvalue weighted by Crippen LogP contribution is -2.40. The van der Waals surface area contributed by atoms with Crippen LogP contribution in [-0.4, -0.2) is 11.7 Å². The highest BCUT2D eigenvalue weighted by atomic mass is 16.6. The monoisotopic (exact) mass is 261 g/mol. The van der Waals surface area contributed by atoms with E-state index in [1.165, 1.54) is 11.1 Å². The van der Waals surface area contributed by atoms with E-state index in [9.17, 15) is 5.26 Å². The van der Waals surface area contributed by atoms with Crippen molar-refractivity contribution in [1.82, 2.24) is 0 Å². The quantitative estimate of drug-likeness (QED) is 0.776. The van der Waals surface area contributed by atoms with E-state index in [1.807, 2.05) is 36.4 Å². The van der Waals surface area contributed by atoms with Gasteiger partial charge in [-0.15, -0.1) is 0 Å². The largest absolute Gasteiger partial charge is 0.349 e. The molecule has 2 aliphatic rings. The molecular formula is C18H15NO. The third-order valence-electron chi connectivity index (χ3n) is 4.84. The molecule has 0 spiro atoms. The van der Waals surface area contributed by atoms with Gasteiger partial charge in [-0.1, -0.05) is 60.7 Å². The fraction of sp³-hybridized carbons (Fsp3) is 0.278. The molecule has 4 rings (SSSR count). The zero-order chi connectivity index (χ0) is 13.6. The van der Waals surface area contributed by atoms with E-state index < -0.39 is 5.60 Å². The number of nitrogens with zero attached hydrogens (tertiary/aromatic N) is 1. The number of hydrogen-bond donors (Lipinski definition) is 0. The van der Waals surface area contributed by atoms with Crippen LogP contribution in [0.3, 0.4) is 0 Å². The molecule has 98 valence electrons. The standard InChI is InChI=1S/C18H15NO/c19-13-18-16(20-18)11-12-17(18,14-7-3-1-4-8-14)15-9-5-2-6-10-15/h1-10,16H,11-12H2/t16-,18-/m1/s1. The number of hydrogen-bond acceptors (Lipinski definition) is 2. The highest BCUT2D eigenvalue weighted by molar-refractivity contribution is 5.52. The highest BCUT2D eigenvalue weighted by Crippen LogP contribution is 2.64. The van der Waals surface area contributed by atoms with Crippen LogP contribution in [0.15, 0.2) is 60.7 Å². The molecule has 2 fully saturated rings. The fourth-order valence-electron chi connectivity index (χ4n) is 3.88. The first-order valence-electron chi connectivity index (χ1n) is 7.04. The van der Waals surface area contributed by atoms with Gasteiger partial charge in [0.25, 0.3) is 0 Å². The maximum atomic E-state index is 9.75. The fourth-order valence-corrected chi connectivity index (χ4v) is 3.88. The first kappa shape index (κ1) is 11.7. The van der Waals surface area contributed by atoms with Crippen LogP contribution in [0.1, 0.15) is 24.0 Å². The zero-order valence-electron chi connectivity index (χ0n) is 11.1. The Bertz CT molecular complexity index is 634. The predicted molar refractivity (Wildman–Crippen MR) is 76.1 cm³/mol. The summed E-state index contributed by atoms with van der Waals surface area (Å²) in [7, 11) is 0. The molecule has 0 amide bonds. The van der Waals surface area contributed by atoms with Crippen LogP contribution < -0.4 is 0 Å². The normalized spacial score (nSPS) is 29.4. The molecule has 0 radical (unpaired) electrons. The summed E-state index contributed by atoms with van der Waals surface area (Å²) in [6.07, 6.45) is 2.02. The number of ether oxygens (including phenoxy) is 1. The lowest BCUT2D eigenvalue weighted by molar-refractivity contribution is 0.218. The van der Waals surface area contributed by atoms with Crippen LogP contribution in [0.25, 0.3) is 0 Å². The third kappa shape index (κ3) is 1.26.